The molecule has 0 bridgehead atoms. The first-order valence-corrected chi connectivity index (χ1v) is 8.48. The molecule has 134 valence electrons. The van der Waals surface area contributed by atoms with Crippen molar-refractivity contribution in [3.05, 3.63) is 53.6 Å². The molecule has 0 aromatic heterocycles. The third-order valence-corrected chi connectivity index (χ3v) is 3.81. The molecular formula is C19H22ClNO4. The molecule has 0 saturated heterocycles. The molecule has 1 N–H and O–H groups in total. The highest BCUT2D eigenvalue weighted by Gasteiger charge is 2.19. The Balaban J connectivity index is 1.82. The molecule has 0 saturated carbocycles. The summed E-state index contributed by atoms with van der Waals surface area (Å²) >= 11 is 6.01. The molecule has 5 nitrogen and oxygen atoms in total. The van der Waals surface area contributed by atoms with Gasteiger partial charge in [-0.1, -0.05) is 42.8 Å². The number of amides is 1. The average Bonchev–Trinajstić information content (AvgIpc) is 2.64. The van der Waals surface area contributed by atoms with E-state index in [1.807, 2.05) is 31.2 Å². The standard InChI is InChI=1S/C19H22ClNO4/c1-3-15(25-18-11-7-6-10-17(18)23-2)19(22)21-12-13-24-16-9-5-4-8-14(16)20/h4-11,15H,3,12-13H2,1-2H3,(H,21,22). The van der Waals surface area contributed by atoms with Gasteiger partial charge in [0.05, 0.1) is 18.7 Å². The van der Waals surface area contributed by atoms with Gasteiger partial charge in [-0.15, -0.1) is 0 Å². The third kappa shape index (κ3) is 5.57. The first kappa shape index (κ1) is 18.9. The van der Waals surface area contributed by atoms with Crippen molar-refractivity contribution in [3.8, 4) is 17.2 Å². The van der Waals surface area contributed by atoms with Crippen molar-refractivity contribution in [2.75, 3.05) is 20.3 Å². The van der Waals surface area contributed by atoms with Crippen molar-refractivity contribution in [1.82, 2.24) is 5.32 Å². The van der Waals surface area contributed by atoms with Crippen LogP contribution in [-0.4, -0.2) is 32.3 Å². The second-order valence-electron chi connectivity index (χ2n) is 5.24. The largest absolute Gasteiger partial charge is 0.493 e. The van der Waals surface area contributed by atoms with Gasteiger partial charge in [0.15, 0.2) is 17.6 Å². The molecule has 0 heterocycles. The van der Waals surface area contributed by atoms with Gasteiger partial charge < -0.3 is 19.5 Å². The highest BCUT2D eigenvalue weighted by atomic mass is 35.5. The molecule has 0 aliphatic carbocycles. The SMILES string of the molecule is CCC(Oc1ccccc1OC)C(=O)NCCOc1ccccc1Cl. The van der Waals surface area contributed by atoms with E-state index in [4.69, 9.17) is 25.8 Å². The fourth-order valence-electron chi connectivity index (χ4n) is 2.20. The summed E-state index contributed by atoms with van der Waals surface area (Å²) in [5.74, 6) is 1.53. The van der Waals surface area contributed by atoms with Crippen molar-refractivity contribution in [2.24, 2.45) is 0 Å². The maximum absolute atomic E-state index is 12.3. The zero-order chi connectivity index (χ0) is 18.1. The number of carbonyl (C=O) groups excluding carboxylic acids is 1. The molecule has 0 aliphatic heterocycles. The van der Waals surface area contributed by atoms with Crippen LogP contribution in [0.5, 0.6) is 17.2 Å². The summed E-state index contributed by atoms with van der Waals surface area (Å²) in [6.07, 6.45) is -0.0634. The van der Waals surface area contributed by atoms with Crippen LogP contribution in [0.4, 0.5) is 0 Å². The fraction of sp³-hybridized carbons (Fsp3) is 0.316. The summed E-state index contributed by atoms with van der Waals surface area (Å²) in [5.41, 5.74) is 0. The van der Waals surface area contributed by atoms with Gasteiger partial charge in [-0.25, -0.2) is 0 Å². The number of rotatable bonds is 9. The lowest BCUT2D eigenvalue weighted by atomic mass is 10.2. The van der Waals surface area contributed by atoms with E-state index < -0.39 is 6.10 Å². The maximum Gasteiger partial charge on any atom is 0.261 e. The zero-order valence-electron chi connectivity index (χ0n) is 14.3. The van der Waals surface area contributed by atoms with Gasteiger partial charge in [0.1, 0.15) is 12.4 Å². The number of para-hydroxylation sites is 3. The van der Waals surface area contributed by atoms with Crippen molar-refractivity contribution in [1.29, 1.82) is 0 Å². The van der Waals surface area contributed by atoms with E-state index in [0.29, 0.717) is 41.8 Å². The van der Waals surface area contributed by atoms with Gasteiger partial charge in [-0.3, -0.25) is 4.79 Å². The van der Waals surface area contributed by atoms with E-state index in [9.17, 15) is 4.79 Å². The van der Waals surface area contributed by atoms with Gasteiger partial charge in [0.25, 0.3) is 5.91 Å². The number of benzene rings is 2. The quantitative estimate of drug-likeness (QED) is 0.690. The van der Waals surface area contributed by atoms with Crippen LogP contribution in [-0.2, 0) is 4.79 Å². The van der Waals surface area contributed by atoms with Gasteiger partial charge in [-0.2, -0.15) is 0 Å². The molecule has 1 unspecified atom stereocenters. The van der Waals surface area contributed by atoms with Crippen LogP contribution in [0.2, 0.25) is 5.02 Å². The molecule has 2 aromatic rings. The molecule has 2 aromatic carbocycles. The molecule has 1 atom stereocenters. The van der Waals surface area contributed by atoms with Crippen LogP contribution < -0.4 is 19.5 Å². The smallest absolute Gasteiger partial charge is 0.261 e. The highest BCUT2D eigenvalue weighted by Crippen LogP contribution is 2.27. The van der Waals surface area contributed by atoms with E-state index in [0.717, 1.165) is 0 Å². The first-order valence-electron chi connectivity index (χ1n) is 8.10. The summed E-state index contributed by atoms with van der Waals surface area (Å²) in [6, 6.07) is 14.4. The normalized spacial score (nSPS) is 11.5. The second-order valence-corrected chi connectivity index (χ2v) is 5.64. The van der Waals surface area contributed by atoms with Crippen LogP contribution in [0.15, 0.2) is 48.5 Å². The van der Waals surface area contributed by atoms with Crippen LogP contribution in [0.25, 0.3) is 0 Å². The van der Waals surface area contributed by atoms with Crippen molar-refractivity contribution >= 4 is 17.5 Å². The summed E-state index contributed by atoms with van der Waals surface area (Å²) in [4.78, 5) is 12.3. The molecule has 2 rings (SSSR count). The maximum atomic E-state index is 12.3. The molecule has 0 aliphatic rings. The Hall–Kier alpha value is -2.40. The van der Waals surface area contributed by atoms with E-state index in [1.54, 1.807) is 31.4 Å². The van der Waals surface area contributed by atoms with E-state index in [-0.39, 0.29) is 5.91 Å². The predicted octanol–water partition coefficient (Wildman–Crippen LogP) is 3.70. The average molecular weight is 364 g/mol. The first-order chi connectivity index (χ1) is 12.2. The summed E-state index contributed by atoms with van der Waals surface area (Å²) < 4.78 is 16.6. The van der Waals surface area contributed by atoms with E-state index in [1.165, 1.54) is 0 Å². The number of ether oxygens (including phenoxy) is 3. The summed E-state index contributed by atoms with van der Waals surface area (Å²) in [5, 5.41) is 3.35. The lowest BCUT2D eigenvalue weighted by molar-refractivity contribution is -0.128. The minimum Gasteiger partial charge on any atom is -0.493 e. The lowest BCUT2D eigenvalue weighted by Gasteiger charge is -2.19. The van der Waals surface area contributed by atoms with Crippen LogP contribution in [0, 0.1) is 0 Å². The Morgan fingerprint density at radius 3 is 2.36 bits per heavy atom. The Morgan fingerprint density at radius 1 is 1.08 bits per heavy atom. The highest BCUT2D eigenvalue weighted by molar-refractivity contribution is 6.32. The minimum absolute atomic E-state index is 0.198. The summed E-state index contributed by atoms with van der Waals surface area (Å²) in [6.45, 7) is 2.57. The van der Waals surface area contributed by atoms with E-state index >= 15 is 0 Å². The molecule has 25 heavy (non-hydrogen) atoms. The Bertz CT molecular complexity index is 693. The van der Waals surface area contributed by atoms with Crippen LogP contribution in [0.1, 0.15) is 13.3 Å². The van der Waals surface area contributed by atoms with Crippen molar-refractivity contribution < 1.29 is 19.0 Å². The Morgan fingerprint density at radius 2 is 1.72 bits per heavy atom. The molecule has 6 heteroatoms. The molecule has 0 spiro atoms. The van der Waals surface area contributed by atoms with Crippen LogP contribution in [0.3, 0.4) is 0 Å². The number of hydrogen-bond donors (Lipinski definition) is 1. The van der Waals surface area contributed by atoms with Crippen molar-refractivity contribution in [3.63, 3.8) is 0 Å². The summed E-state index contributed by atoms with van der Waals surface area (Å²) in [7, 11) is 1.56. The van der Waals surface area contributed by atoms with Gasteiger partial charge >= 0.3 is 0 Å². The number of methoxy groups -OCH3 is 1. The zero-order valence-corrected chi connectivity index (χ0v) is 15.1. The van der Waals surface area contributed by atoms with E-state index in [2.05, 4.69) is 5.32 Å². The Kier molecular flexibility index (Phi) is 7.41. The second kappa shape index (κ2) is 9.79. The monoisotopic (exact) mass is 363 g/mol. The number of carbonyl (C=O) groups is 1. The molecule has 1 amide bonds. The molecule has 0 fully saturated rings. The third-order valence-electron chi connectivity index (χ3n) is 3.50. The predicted molar refractivity (Wildman–Crippen MR) is 97.7 cm³/mol. The molecule has 0 radical (unpaired) electrons. The number of nitrogens with one attached hydrogen (secondary N) is 1. The van der Waals surface area contributed by atoms with Crippen molar-refractivity contribution in [2.45, 2.75) is 19.4 Å². The van der Waals surface area contributed by atoms with Gasteiger partial charge in [0, 0.05) is 0 Å². The van der Waals surface area contributed by atoms with Gasteiger partial charge in [-0.05, 0) is 30.7 Å². The minimum atomic E-state index is -0.600. The number of hydrogen-bond acceptors (Lipinski definition) is 4. The van der Waals surface area contributed by atoms with Gasteiger partial charge in [0.2, 0.25) is 0 Å². The molecular weight excluding hydrogens is 342 g/mol. The number of halogens is 1. The Labute approximate surface area is 152 Å². The lowest BCUT2D eigenvalue weighted by Crippen LogP contribution is -2.39. The fourth-order valence-corrected chi connectivity index (χ4v) is 2.39. The van der Waals surface area contributed by atoms with Crippen LogP contribution >= 0.6 is 11.6 Å². The topological polar surface area (TPSA) is 56.8 Å².